The topological polar surface area (TPSA) is 78.9 Å². The molecule has 0 aliphatic heterocycles. The third-order valence-corrected chi connectivity index (χ3v) is 2.01. The summed E-state index contributed by atoms with van der Waals surface area (Å²) >= 11 is 0. The molecule has 0 bridgehead atoms. The fraction of sp³-hybridized carbons (Fsp3) is 0.400. The van der Waals surface area contributed by atoms with E-state index in [0.29, 0.717) is 0 Å². The molecule has 21 heavy (non-hydrogen) atoms. The van der Waals surface area contributed by atoms with Gasteiger partial charge in [-0.25, -0.2) is 14.4 Å². The number of allylic oxidation sites excluding steroid dienone is 3. The van der Waals surface area contributed by atoms with Crippen molar-refractivity contribution in [3.63, 3.8) is 0 Å². The van der Waals surface area contributed by atoms with E-state index in [1.165, 1.54) is 36.5 Å². The first-order chi connectivity index (χ1) is 10.0. The number of hydrogen-bond acceptors (Lipinski definition) is 6. The van der Waals surface area contributed by atoms with Gasteiger partial charge >= 0.3 is 17.9 Å². The lowest BCUT2D eigenvalue weighted by Gasteiger charge is -2.16. The van der Waals surface area contributed by atoms with Crippen LogP contribution in [0.25, 0.3) is 0 Å². The number of hydrogen-bond donors (Lipinski definition) is 0. The van der Waals surface area contributed by atoms with Gasteiger partial charge in [0.1, 0.15) is 13.2 Å². The second-order valence-electron chi connectivity index (χ2n) is 3.82. The molecule has 0 N–H and O–H groups in total. The predicted octanol–water partition coefficient (Wildman–Crippen LogP) is 1.71. The van der Waals surface area contributed by atoms with Crippen LogP contribution < -0.4 is 0 Å². The average Bonchev–Trinajstić information content (AvgIpc) is 2.42. The summed E-state index contributed by atoms with van der Waals surface area (Å²) in [6.07, 6.45) is 7.38. The molecular weight excluding hydrogens is 276 g/mol. The van der Waals surface area contributed by atoms with Gasteiger partial charge in [0.15, 0.2) is 6.10 Å². The maximum Gasteiger partial charge on any atom is 0.330 e. The van der Waals surface area contributed by atoms with E-state index in [9.17, 15) is 14.4 Å². The Hall–Kier alpha value is -2.37. The Morgan fingerprint density at radius 1 is 0.762 bits per heavy atom. The molecular formula is C15H20O6. The minimum Gasteiger partial charge on any atom is -0.458 e. The maximum atomic E-state index is 11.4. The smallest absolute Gasteiger partial charge is 0.330 e. The molecule has 0 rings (SSSR count). The van der Waals surface area contributed by atoms with Crippen molar-refractivity contribution >= 4 is 17.9 Å². The van der Waals surface area contributed by atoms with E-state index in [4.69, 9.17) is 14.2 Å². The van der Waals surface area contributed by atoms with E-state index < -0.39 is 24.0 Å². The molecule has 0 saturated carbocycles. The van der Waals surface area contributed by atoms with Crippen molar-refractivity contribution in [1.82, 2.24) is 0 Å². The summed E-state index contributed by atoms with van der Waals surface area (Å²) in [6, 6.07) is 0. The first-order valence-corrected chi connectivity index (χ1v) is 6.45. The van der Waals surface area contributed by atoms with Crippen molar-refractivity contribution in [2.45, 2.75) is 26.9 Å². The number of esters is 3. The SMILES string of the molecule is C/C=C/C(=O)OCC(COC(=O)/C=C/C)OC(=O)/C=C/C. The highest BCUT2D eigenvalue weighted by Gasteiger charge is 2.17. The van der Waals surface area contributed by atoms with E-state index in [-0.39, 0.29) is 13.2 Å². The fourth-order valence-corrected chi connectivity index (χ4v) is 1.17. The van der Waals surface area contributed by atoms with Crippen LogP contribution in [-0.4, -0.2) is 37.2 Å². The summed E-state index contributed by atoms with van der Waals surface area (Å²) in [5, 5.41) is 0. The van der Waals surface area contributed by atoms with Gasteiger partial charge in [-0.3, -0.25) is 0 Å². The molecule has 0 aliphatic rings. The molecule has 0 spiro atoms. The molecule has 0 aliphatic carbocycles. The van der Waals surface area contributed by atoms with E-state index in [1.807, 2.05) is 0 Å². The maximum absolute atomic E-state index is 11.4. The van der Waals surface area contributed by atoms with Gasteiger partial charge in [-0.2, -0.15) is 0 Å². The summed E-state index contributed by atoms with van der Waals surface area (Å²) in [4.78, 5) is 33.8. The highest BCUT2D eigenvalue weighted by atomic mass is 16.6. The van der Waals surface area contributed by atoms with Gasteiger partial charge in [-0.05, 0) is 20.8 Å². The van der Waals surface area contributed by atoms with Crippen LogP contribution in [0.5, 0.6) is 0 Å². The Balaban J connectivity index is 4.49. The number of ether oxygens (including phenoxy) is 3. The lowest BCUT2D eigenvalue weighted by Crippen LogP contribution is -2.29. The van der Waals surface area contributed by atoms with Crippen LogP contribution in [0.4, 0.5) is 0 Å². The molecule has 0 aromatic carbocycles. The lowest BCUT2D eigenvalue weighted by atomic mass is 10.4. The number of rotatable bonds is 8. The van der Waals surface area contributed by atoms with Gasteiger partial charge < -0.3 is 14.2 Å². The Morgan fingerprint density at radius 2 is 1.14 bits per heavy atom. The third-order valence-electron chi connectivity index (χ3n) is 2.01. The second-order valence-corrected chi connectivity index (χ2v) is 3.82. The van der Waals surface area contributed by atoms with Gasteiger partial charge in [0.2, 0.25) is 0 Å². The normalized spacial score (nSPS) is 11.4. The monoisotopic (exact) mass is 296 g/mol. The Bertz CT molecular complexity index is 405. The van der Waals surface area contributed by atoms with Crippen molar-refractivity contribution < 1.29 is 28.6 Å². The second kappa shape index (κ2) is 11.5. The van der Waals surface area contributed by atoms with Gasteiger partial charge in [0.25, 0.3) is 0 Å². The van der Waals surface area contributed by atoms with Crippen molar-refractivity contribution in [3.8, 4) is 0 Å². The van der Waals surface area contributed by atoms with Crippen molar-refractivity contribution in [2.75, 3.05) is 13.2 Å². The Kier molecular flexibility index (Phi) is 10.2. The van der Waals surface area contributed by atoms with Crippen LogP contribution in [0, 0.1) is 0 Å². The molecule has 0 unspecified atom stereocenters. The molecule has 6 nitrogen and oxygen atoms in total. The summed E-state index contributed by atoms with van der Waals surface area (Å²) in [5.41, 5.74) is 0. The highest BCUT2D eigenvalue weighted by Crippen LogP contribution is 1.99. The first-order valence-electron chi connectivity index (χ1n) is 6.45. The van der Waals surface area contributed by atoms with Crippen LogP contribution in [0.1, 0.15) is 20.8 Å². The molecule has 0 heterocycles. The van der Waals surface area contributed by atoms with Gasteiger partial charge in [0.05, 0.1) is 0 Å². The molecule has 0 aromatic rings. The van der Waals surface area contributed by atoms with Crippen molar-refractivity contribution in [3.05, 3.63) is 36.5 Å². The molecule has 0 aromatic heterocycles. The quantitative estimate of drug-likeness (QED) is 0.385. The Morgan fingerprint density at radius 3 is 1.52 bits per heavy atom. The molecule has 0 fully saturated rings. The van der Waals surface area contributed by atoms with E-state index in [1.54, 1.807) is 20.8 Å². The van der Waals surface area contributed by atoms with Crippen LogP contribution in [0.15, 0.2) is 36.5 Å². The zero-order chi connectivity index (χ0) is 16.1. The largest absolute Gasteiger partial charge is 0.458 e. The van der Waals surface area contributed by atoms with Crippen molar-refractivity contribution in [1.29, 1.82) is 0 Å². The van der Waals surface area contributed by atoms with Crippen LogP contribution >= 0.6 is 0 Å². The van der Waals surface area contributed by atoms with Crippen LogP contribution in [0.2, 0.25) is 0 Å². The molecule has 0 saturated heterocycles. The summed E-state index contributed by atoms with van der Waals surface area (Å²) in [5.74, 6) is -1.74. The zero-order valence-corrected chi connectivity index (χ0v) is 12.4. The van der Waals surface area contributed by atoms with E-state index in [2.05, 4.69) is 0 Å². The van der Waals surface area contributed by atoms with Crippen LogP contribution in [-0.2, 0) is 28.6 Å². The summed E-state index contributed by atoms with van der Waals surface area (Å²) in [7, 11) is 0. The molecule has 0 amide bonds. The van der Waals surface area contributed by atoms with Gasteiger partial charge in [-0.1, -0.05) is 18.2 Å². The van der Waals surface area contributed by atoms with E-state index >= 15 is 0 Å². The van der Waals surface area contributed by atoms with Crippen LogP contribution in [0.3, 0.4) is 0 Å². The van der Waals surface area contributed by atoms with Gasteiger partial charge in [0, 0.05) is 18.2 Å². The average molecular weight is 296 g/mol. The predicted molar refractivity (Wildman–Crippen MR) is 76.2 cm³/mol. The number of carbonyl (C=O) groups excluding carboxylic acids is 3. The fourth-order valence-electron chi connectivity index (χ4n) is 1.17. The van der Waals surface area contributed by atoms with E-state index in [0.717, 1.165) is 0 Å². The lowest BCUT2D eigenvalue weighted by molar-refractivity contribution is -0.160. The van der Waals surface area contributed by atoms with Crippen molar-refractivity contribution in [2.24, 2.45) is 0 Å². The zero-order valence-electron chi connectivity index (χ0n) is 12.4. The summed E-state index contributed by atoms with van der Waals surface area (Å²) < 4.78 is 14.8. The third kappa shape index (κ3) is 10.1. The molecule has 0 radical (unpaired) electrons. The summed E-state index contributed by atoms with van der Waals surface area (Å²) in [6.45, 7) is 4.60. The standard InChI is InChI=1S/C15H20O6/c1-4-7-13(16)19-10-12(21-15(18)9-6-3)11-20-14(17)8-5-2/h4-9,12H,10-11H2,1-3H3/b7-4+,8-5+,9-6+. The minimum absolute atomic E-state index is 0.199. The first kappa shape index (κ1) is 18.6. The molecule has 116 valence electrons. The molecule has 6 heteroatoms. The molecule has 0 atom stereocenters. The number of carbonyl (C=O) groups is 3. The Labute approximate surface area is 124 Å². The minimum atomic E-state index is -0.864. The van der Waals surface area contributed by atoms with Gasteiger partial charge in [-0.15, -0.1) is 0 Å². The highest BCUT2D eigenvalue weighted by molar-refractivity contribution is 5.83.